The number of aromatic nitrogens is 2. The standard InChI is InChI=1S/C14H20N4O2/c1-14(2,12(19)16-3)8-18-11-7-9(20-4)5-6-10(11)17-13(18)15/h5-7H,8H2,1-4H3,(H2,15,17)(H,16,19). The smallest absolute Gasteiger partial charge is 0.227 e. The van der Waals surface area contributed by atoms with Crippen molar-refractivity contribution in [2.24, 2.45) is 5.41 Å². The van der Waals surface area contributed by atoms with Gasteiger partial charge in [0.25, 0.3) is 0 Å². The zero-order valence-corrected chi connectivity index (χ0v) is 12.2. The molecule has 1 heterocycles. The fourth-order valence-electron chi connectivity index (χ4n) is 2.22. The van der Waals surface area contributed by atoms with Crippen LogP contribution in [0.2, 0.25) is 0 Å². The lowest BCUT2D eigenvalue weighted by Gasteiger charge is -2.24. The number of nitrogen functional groups attached to an aromatic ring is 1. The summed E-state index contributed by atoms with van der Waals surface area (Å²) in [6.07, 6.45) is 0. The third-order valence-corrected chi connectivity index (χ3v) is 3.38. The summed E-state index contributed by atoms with van der Waals surface area (Å²) in [5.41, 5.74) is 7.04. The molecule has 0 saturated carbocycles. The van der Waals surface area contributed by atoms with Gasteiger partial charge in [-0.2, -0.15) is 0 Å². The van der Waals surface area contributed by atoms with Gasteiger partial charge in [-0.1, -0.05) is 0 Å². The van der Waals surface area contributed by atoms with Crippen LogP contribution >= 0.6 is 0 Å². The summed E-state index contributed by atoms with van der Waals surface area (Å²) < 4.78 is 7.06. The van der Waals surface area contributed by atoms with Gasteiger partial charge in [0.1, 0.15) is 5.75 Å². The third-order valence-electron chi connectivity index (χ3n) is 3.38. The number of hydrogen-bond donors (Lipinski definition) is 2. The Hall–Kier alpha value is -2.24. The molecule has 0 atom stereocenters. The van der Waals surface area contributed by atoms with Crippen molar-refractivity contribution in [3.8, 4) is 5.75 Å². The van der Waals surface area contributed by atoms with Crippen molar-refractivity contribution < 1.29 is 9.53 Å². The van der Waals surface area contributed by atoms with Crippen molar-refractivity contribution in [1.29, 1.82) is 0 Å². The van der Waals surface area contributed by atoms with Crippen LogP contribution in [-0.4, -0.2) is 29.6 Å². The topological polar surface area (TPSA) is 82.2 Å². The van der Waals surface area contributed by atoms with Crippen LogP contribution in [0.3, 0.4) is 0 Å². The van der Waals surface area contributed by atoms with Crippen LogP contribution in [0.1, 0.15) is 13.8 Å². The van der Waals surface area contributed by atoms with Gasteiger partial charge in [-0.25, -0.2) is 4.98 Å². The van der Waals surface area contributed by atoms with E-state index < -0.39 is 5.41 Å². The number of carbonyl (C=O) groups is 1. The Labute approximate surface area is 117 Å². The number of nitrogens with two attached hydrogens (primary N) is 1. The van der Waals surface area contributed by atoms with E-state index in [9.17, 15) is 4.79 Å². The van der Waals surface area contributed by atoms with Crippen LogP contribution in [0.5, 0.6) is 5.75 Å². The molecule has 0 saturated heterocycles. The minimum atomic E-state index is -0.584. The number of nitrogens with one attached hydrogen (secondary N) is 1. The van der Waals surface area contributed by atoms with E-state index in [-0.39, 0.29) is 5.91 Å². The summed E-state index contributed by atoms with van der Waals surface area (Å²) in [5, 5.41) is 2.67. The molecule has 20 heavy (non-hydrogen) atoms. The van der Waals surface area contributed by atoms with Crippen LogP contribution in [0.15, 0.2) is 18.2 Å². The Kier molecular flexibility index (Phi) is 3.57. The van der Waals surface area contributed by atoms with E-state index in [0.717, 1.165) is 16.8 Å². The monoisotopic (exact) mass is 276 g/mol. The molecule has 108 valence electrons. The van der Waals surface area contributed by atoms with Crippen molar-refractivity contribution >= 4 is 22.9 Å². The second-order valence-electron chi connectivity index (χ2n) is 5.37. The number of benzene rings is 1. The first-order chi connectivity index (χ1) is 9.39. The number of rotatable bonds is 4. The van der Waals surface area contributed by atoms with Gasteiger partial charge in [0, 0.05) is 19.7 Å². The van der Waals surface area contributed by atoms with Crippen LogP contribution in [0.25, 0.3) is 11.0 Å². The lowest BCUT2D eigenvalue weighted by molar-refractivity contribution is -0.129. The normalized spacial score (nSPS) is 11.6. The van der Waals surface area contributed by atoms with Crippen LogP contribution in [-0.2, 0) is 11.3 Å². The fourth-order valence-corrected chi connectivity index (χ4v) is 2.22. The van der Waals surface area contributed by atoms with Gasteiger partial charge in [-0.15, -0.1) is 0 Å². The van der Waals surface area contributed by atoms with E-state index in [0.29, 0.717) is 12.5 Å². The summed E-state index contributed by atoms with van der Waals surface area (Å²) >= 11 is 0. The number of anilines is 1. The molecule has 6 heteroatoms. The average Bonchev–Trinajstić information content (AvgIpc) is 2.73. The number of hydrogen-bond acceptors (Lipinski definition) is 4. The zero-order valence-electron chi connectivity index (χ0n) is 12.2. The van der Waals surface area contributed by atoms with Crippen molar-refractivity contribution in [3.05, 3.63) is 18.2 Å². The number of nitrogens with zero attached hydrogens (tertiary/aromatic N) is 2. The molecule has 0 unspecified atom stereocenters. The first-order valence-electron chi connectivity index (χ1n) is 6.41. The third kappa shape index (κ3) is 2.41. The molecule has 0 spiro atoms. The molecule has 3 N–H and O–H groups in total. The van der Waals surface area contributed by atoms with Crippen molar-refractivity contribution in [2.75, 3.05) is 19.9 Å². The molecule has 0 bridgehead atoms. The van der Waals surface area contributed by atoms with Crippen molar-refractivity contribution in [1.82, 2.24) is 14.9 Å². The maximum atomic E-state index is 11.9. The Morgan fingerprint density at radius 1 is 1.50 bits per heavy atom. The van der Waals surface area contributed by atoms with E-state index >= 15 is 0 Å². The maximum Gasteiger partial charge on any atom is 0.227 e. The molecule has 0 radical (unpaired) electrons. The number of ether oxygens (including phenoxy) is 1. The van der Waals surface area contributed by atoms with Crippen LogP contribution < -0.4 is 15.8 Å². The van der Waals surface area contributed by atoms with Crippen molar-refractivity contribution in [3.63, 3.8) is 0 Å². The number of imidazole rings is 1. The lowest BCUT2D eigenvalue weighted by atomic mass is 9.92. The lowest BCUT2D eigenvalue weighted by Crippen LogP contribution is -2.37. The minimum Gasteiger partial charge on any atom is -0.497 e. The van der Waals surface area contributed by atoms with Gasteiger partial charge in [-0.3, -0.25) is 4.79 Å². The van der Waals surface area contributed by atoms with E-state index in [1.54, 1.807) is 14.2 Å². The fraction of sp³-hybridized carbons (Fsp3) is 0.429. The van der Waals surface area contributed by atoms with Gasteiger partial charge in [-0.05, 0) is 26.0 Å². The predicted molar refractivity (Wildman–Crippen MR) is 78.5 cm³/mol. The molecule has 1 amide bonds. The summed E-state index contributed by atoms with van der Waals surface area (Å²) in [6.45, 7) is 4.19. The van der Waals surface area contributed by atoms with E-state index in [2.05, 4.69) is 10.3 Å². The molecule has 1 aromatic carbocycles. The highest BCUT2D eigenvalue weighted by Crippen LogP contribution is 2.27. The van der Waals surface area contributed by atoms with Gasteiger partial charge in [0.2, 0.25) is 11.9 Å². The molecule has 0 aliphatic heterocycles. The highest BCUT2D eigenvalue weighted by molar-refractivity contribution is 5.83. The number of methoxy groups -OCH3 is 1. The molecule has 0 fully saturated rings. The predicted octanol–water partition coefficient (Wildman–Crippen LogP) is 1.40. The Balaban J connectivity index is 2.48. The molecular formula is C14H20N4O2. The van der Waals surface area contributed by atoms with Gasteiger partial charge >= 0.3 is 0 Å². The SMILES string of the molecule is CNC(=O)C(C)(C)Cn1c(N)nc2ccc(OC)cc21. The van der Waals surface area contributed by atoms with Gasteiger partial charge in [0.05, 0.1) is 23.6 Å². The number of fused-ring (bicyclic) bond motifs is 1. The molecule has 0 aliphatic carbocycles. The van der Waals surface area contributed by atoms with Crippen LogP contribution in [0.4, 0.5) is 5.95 Å². The first kappa shape index (κ1) is 14.2. The zero-order chi connectivity index (χ0) is 14.9. The minimum absolute atomic E-state index is 0.0401. The maximum absolute atomic E-state index is 11.9. The number of carbonyl (C=O) groups excluding carboxylic acids is 1. The largest absolute Gasteiger partial charge is 0.497 e. The average molecular weight is 276 g/mol. The number of amides is 1. The summed E-state index contributed by atoms with van der Waals surface area (Å²) in [7, 11) is 3.24. The summed E-state index contributed by atoms with van der Waals surface area (Å²) in [5.74, 6) is 1.09. The van der Waals surface area contributed by atoms with Crippen molar-refractivity contribution in [2.45, 2.75) is 20.4 Å². The highest BCUT2D eigenvalue weighted by Gasteiger charge is 2.28. The second kappa shape index (κ2) is 5.03. The molecule has 2 rings (SSSR count). The molecule has 2 aromatic rings. The Morgan fingerprint density at radius 3 is 2.80 bits per heavy atom. The Morgan fingerprint density at radius 2 is 2.20 bits per heavy atom. The Bertz CT molecular complexity index is 646. The molecule has 6 nitrogen and oxygen atoms in total. The van der Waals surface area contributed by atoms with Gasteiger partial charge < -0.3 is 20.4 Å². The quantitative estimate of drug-likeness (QED) is 0.884. The van der Waals surface area contributed by atoms with E-state index in [4.69, 9.17) is 10.5 Å². The van der Waals surface area contributed by atoms with Crippen LogP contribution in [0, 0.1) is 5.41 Å². The van der Waals surface area contributed by atoms with E-state index in [1.165, 1.54) is 0 Å². The molecular weight excluding hydrogens is 256 g/mol. The second-order valence-corrected chi connectivity index (χ2v) is 5.37. The van der Waals surface area contributed by atoms with E-state index in [1.807, 2.05) is 36.6 Å². The molecule has 0 aliphatic rings. The first-order valence-corrected chi connectivity index (χ1v) is 6.41. The molecule has 1 aromatic heterocycles. The highest BCUT2D eigenvalue weighted by atomic mass is 16.5. The van der Waals surface area contributed by atoms with Gasteiger partial charge in [0.15, 0.2) is 0 Å². The summed E-state index contributed by atoms with van der Waals surface area (Å²) in [4.78, 5) is 16.2. The summed E-state index contributed by atoms with van der Waals surface area (Å²) in [6, 6.07) is 5.57.